The molecule has 0 bridgehead atoms. The summed E-state index contributed by atoms with van der Waals surface area (Å²) in [5.74, 6) is -0.988. The van der Waals surface area contributed by atoms with Gasteiger partial charge in [-0.15, -0.1) is 4.94 Å². The third-order valence-corrected chi connectivity index (χ3v) is 2.12. The Labute approximate surface area is 98.0 Å². The lowest BCUT2D eigenvalue weighted by Crippen LogP contribution is -2.23. The fourth-order valence-electron chi connectivity index (χ4n) is 1.36. The van der Waals surface area contributed by atoms with Gasteiger partial charge in [-0.2, -0.15) is 5.06 Å². The van der Waals surface area contributed by atoms with Gasteiger partial charge in [0.2, 0.25) is 5.70 Å². The molecule has 6 nitrogen and oxygen atoms in total. The van der Waals surface area contributed by atoms with Crippen LogP contribution in [0.25, 0.3) is 0 Å². The maximum Gasteiger partial charge on any atom is 0.310 e. The summed E-state index contributed by atoms with van der Waals surface area (Å²) in [6.45, 7) is 1.96. The summed E-state index contributed by atoms with van der Waals surface area (Å²) in [6, 6.07) is 8.79. The maximum atomic E-state index is 11.9. The zero-order chi connectivity index (χ0) is 12.3. The van der Waals surface area contributed by atoms with E-state index in [1.54, 1.807) is 31.2 Å². The number of amides is 1. The molecule has 1 aliphatic rings. The smallest absolute Gasteiger partial charge is 0.310 e. The van der Waals surface area contributed by atoms with E-state index in [2.05, 4.69) is 5.48 Å². The number of nitrogens with zero attached hydrogens (tertiary/aromatic N) is 1. The molecule has 0 atom stereocenters. The van der Waals surface area contributed by atoms with Crippen molar-refractivity contribution in [1.29, 1.82) is 0 Å². The molecule has 2 rings (SSSR count). The van der Waals surface area contributed by atoms with E-state index in [4.69, 9.17) is 9.68 Å². The van der Waals surface area contributed by atoms with Crippen LogP contribution in [-0.2, 0) is 14.5 Å². The molecule has 1 aromatic carbocycles. The number of para-hydroxylation sites is 1. The van der Waals surface area contributed by atoms with Crippen LogP contribution in [0, 0.1) is 0 Å². The van der Waals surface area contributed by atoms with E-state index in [0.717, 1.165) is 5.06 Å². The van der Waals surface area contributed by atoms with Crippen LogP contribution in [-0.4, -0.2) is 17.6 Å². The van der Waals surface area contributed by atoms with Gasteiger partial charge in [0, 0.05) is 0 Å². The highest BCUT2D eigenvalue weighted by Gasteiger charge is 2.33. The molecule has 90 valence electrons. The SMILES string of the molecule is CCOC(O)=C1NON(c2ccccc2)C1=O. The summed E-state index contributed by atoms with van der Waals surface area (Å²) < 4.78 is 4.83. The van der Waals surface area contributed by atoms with Crippen LogP contribution in [0.5, 0.6) is 0 Å². The van der Waals surface area contributed by atoms with Crippen molar-refractivity contribution in [3.63, 3.8) is 0 Å². The Hall–Kier alpha value is -2.21. The van der Waals surface area contributed by atoms with Crippen LogP contribution < -0.4 is 10.5 Å². The van der Waals surface area contributed by atoms with Crippen LogP contribution in [0.15, 0.2) is 42.0 Å². The maximum absolute atomic E-state index is 11.9. The number of rotatable bonds is 3. The first kappa shape index (κ1) is 11.3. The molecule has 0 aliphatic carbocycles. The van der Waals surface area contributed by atoms with Crippen molar-refractivity contribution >= 4 is 11.6 Å². The van der Waals surface area contributed by atoms with Gasteiger partial charge in [-0.3, -0.25) is 4.79 Å². The second-order valence-corrected chi connectivity index (χ2v) is 3.24. The van der Waals surface area contributed by atoms with Crippen molar-refractivity contribution in [2.75, 3.05) is 11.7 Å². The number of ether oxygens (including phenoxy) is 1. The minimum atomic E-state index is -0.512. The fourth-order valence-corrected chi connectivity index (χ4v) is 1.36. The molecule has 0 radical (unpaired) electrons. The molecule has 17 heavy (non-hydrogen) atoms. The van der Waals surface area contributed by atoms with Gasteiger partial charge in [-0.25, -0.2) is 5.48 Å². The largest absolute Gasteiger partial charge is 0.479 e. The molecule has 0 saturated carbocycles. The van der Waals surface area contributed by atoms with Crippen LogP contribution in [0.2, 0.25) is 0 Å². The highest BCUT2D eigenvalue weighted by molar-refractivity contribution is 6.05. The van der Waals surface area contributed by atoms with Crippen LogP contribution >= 0.6 is 0 Å². The Bertz CT molecular complexity index is 444. The van der Waals surface area contributed by atoms with Crippen LogP contribution in [0.3, 0.4) is 0 Å². The standard InChI is InChI=1S/C11H12N2O4/c1-2-16-11(15)9-10(14)13(17-12-9)8-6-4-3-5-7-8/h3-7,12,15H,2H2,1H3. The van der Waals surface area contributed by atoms with E-state index in [1.165, 1.54) is 0 Å². The Morgan fingerprint density at radius 3 is 2.82 bits per heavy atom. The summed E-state index contributed by atoms with van der Waals surface area (Å²) in [7, 11) is 0. The lowest BCUT2D eigenvalue weighted by atomic mass is 10.3. The number of hydroxylamine groups is 2. The van der Waals surface area contributed by atoms with E-state index in [9.17, 15) is 9.90 Å². The van der Waals surface area contributed by atoms with Gasteiger partial charge < -0.3 is 9.84 Å². The first-order chi connectivity index (χ1) is 8.24. The third-order valence-electron chi connectivity index (χ3n) is 2.12. The molecule has 0 unspecified atom stereocenters. The summed E-state index contributed by atoms with van der Waals surface area (Å²) in [6.07, 6.45) is 0. The molecular weight excluding hydrogens is 224 g/mol. The first-order valence-electron chi connectivity index (χ1n) is 5.12. The number of nitrogens with one attached hydrogen (secondary N) is 1. The quantitative estimate of drug-likeness (QED) is 0.610. The topological polar surface area (TPSA) is 71.0 Å². The first-order valence-corrected chi connectivity index (χ1v) is 5.12. The van der Waals surface area contributed by atoms with Crippen molar-refractivity contribution in [2.24, 2.45) is 0 Å². The molecular formula is C11H12N2O4. The third kappa shape index (κ3) is 2.16. The highest BCUT2D eigenvalue weighted by atomic mass is 16.8. The van der Waals surface area contributed by atoms with E-state index in [1.807, 2.05) is 6.07 Å². The fraction of sp³-hybridized carbons (Fsp3) is 0.182. The normalized spacial score (nSPS) is 17.9. The molecule has 1 aromatic rings. The molecule has 1 heterocycles. The van der Waals surface area contributed by atoms with E-state index in [-0.39, 0.29) is 12.3 Å². The Morgan fingerprint density at radius 1 is 1.47 bits per heavy atom. The second kappa shape index (κ2) is 4.75. The predicted octanol–water partition coefficient (Wildman–Crippen LogP) is 1.23. The van der Waals surface area contributed by atoms with Crippen molar-refractivity contribution in [1.82, 2.24) is 5.48 Å². The minimum absolute atomic E-state index is 0.115. The molecule has 6 heteroatoms. The summed E-state index contributed by atoms with van der Waals surface area (Å²) in [5, 5.41) is 10.5. The molecule has 1 saturated heterocycles. The van der Waals surface area contributed by atoms with Crippen molar-refractivity contribution < 1.29 is 19.6 Å². The number of aliphatic hydroxyl groups excluding tert-OH is 1. The highest BCUT2D eigenvalue weighted by Crippen LogP contribution is 2.20. The van der Waals surface area contributed by atoms with E-state index >= 15 is 0 Å². The summed E-state index contributed by atoms with van der Waals surface area (Å²) in [4.78, 5) is 16.8. The monoisotopic (exact) mass is 236 g/mol. The number of benzene rings is 1. The zero-order valence-electron chi connectivity index (χ0n) is 9.21. The van der Waals surface area contributed by atoms with Crippen LogP contribution in [0.1, 0.15) is 6.92 Å². The van der Waals surface area contributed by atoms with Crippen molar-refractivity contribution in [2.45, 2.75) is 6.92 Å². The lowest BCUT2D eigenvalue weighted by molar-refractivity contribution is -0.118. The summed E-state index contributed by atoms with van der Waals surface area (Å²) in [5.41, 5.74) is 2.76. The number of carbonyl (C=O) groups excluding carboxylic acids is 1. The lowest BCUT2D eigenvalue weighted by Gasteiger charge is -2.10. The summed E-state index contributed by atoms with van der Waals surface area (Å²) >= 11 is 0. The Morgan fingerprint density at radius 2 is 2.18 bits per heavy atom. The van der Waals surface area contributed by atoms with Gasteiger partial charge >= 0.3 is 11.9 Å². The van der Waals surface area contributed by atoms with Gasteiger partial charge in [0.05, 0.1) is 12.3 Å². The second-order valence-electron chi connectivity index (χ2n) is 3.24. The van der Waals surface area contributed by atoms with Gasteiger partial charge in [-0.1, -0.05) is 18.2 Å². The average Bonchev–Trinajstić information content (AvgIpc) is 2.72. The number of hydrogen-bond acceptors (Lipinski definition) is 5. The molecule has 0 spiro atoms. The van der Waals surface area contributed by atoms with Crippen LogP contribution in [0.4, 0.5) is 5.69 Å². The number of carbonyl (C=O) groups is 1. The van der Waals surface area contributed by atoms with Gasteiger partial charge in [-0.05, 0) is 19.1 Å². The zero-order valence-corrected chi connectivity index (χ0v) is 9.21. The van der Waals surface area contributed by atoms with Crippen molar-refractivity contribution in [3.05, 3.63) is 42.0 Å². The number of aliphatic hydroxyl groups is 1. The number of anilines is 1. The Kier molecular flexibility index (Phi) is 3.15. The molecule has 2 N–H and O–H groups in total. The van der Waals surface area contributed by atoms with E-state index < -0.39 is 11.9 Å². The number of hydrogen-bond donors (Lipinski definition) is 2. The Balaban J connectivity index is 2.22. The van der Waals surface area contributed by atoms with Crippen molar-refractivity contribution in [3.8, 4) is 0 Å². The molecule has 0 aromatic heterocycles. The molecule has 1 amide bonds. The van der Waals surface area contributed by atoms with Gasteiger partial charge in [0.1, 0.15) is 0 Å². The van der Waals surface area contributed by atoms with E-state index in [0.29, 0.717) is 5.69 Å². The van der Waals surface area contributed by atoms with Gasteiger partial charge in [0.25, 0.3) is 0 Å². The van der Waals surface area contributed by atoms with Gasteiger partial charge in [0.15, 0.2) is 0 Å². The minimum Gasteiger partial charge on any atom is -0.479 e. The average molecular weight is 236 g/mol. The molecule has 1 aliphatic heterocycles. The predicted molar refractivity (Wildman–Crippen MR) is 59.4 cm³/mol. The molecule has 1 fully saturated rings.